The van der Waals surface area contributed by atoms with Gasteiger partial charge < -0.3 is 23.5 Å². The molecule has 1 aliphatic rings. The predicted octanol–water partition coefficient (Wildman–Crippen LogP) is 5.64. The number of hydrogen-bond acceptors (Lipinski definition) is 6. The number of piperidine rings is 1. The maximum atomic E-state index is 6.20. The third-order valence-corrected chi connectivity index (χ3v) is 6.95. The fraction of sp³-hybridized carbons (Fsp3) is 0.367. The van der Waals surface area contributed by atoms with Crippen LogP contribution in [0.3, 0.4) is 0 Å². The Morgan fingerprint density at radius 1 is 0.811 bits per heavy atom. The van der Waals surface area contributed by atoms with Gasteiger partial charge in [-0.3, -0.25) is 4.90 Å². The van der Waals surface area contributed by atoms with Gasteiger partial charge >= 0.3 is 0 Å². The predicted molar refractivity (Wildman–Crippen MR) is 146 cm³/mol. The van der Waals surface area contributed by atoms with Gasteiger partial charge in [-0.25, -0.2) is 4.98 Å². The zero-order valence-corrected chi connectivity index (χ0v) is 21.9. The van der Waals surface area contributed by atoms with E-state index in [2.05, 4.69) is 39.8 Å². The van der Waals surface area contributed by atoms with Gasteiger partial charge in [0.05, 0.1) is 32.4 Å². The molecule has 4 aromatic rings. The number of imidazole rings is 1. The molecule has 0 atom stereocenters. The molecule has 194 valence electrons. The van der Waals surface area contributed by atoms with Crippen molar-refractivity contribution in [1.82, 2.24) is 14.5 Å². The smallest absolute Gasteiger partial charge is 0.203 e. The first-order chi connectivity index (χ1) is 18.2. The summed E-state index contributed by atoms with van der Waals surface area (Å²) in [6.07, 6.45) is 3.91. The summed E-state index contributed by atoms with van der Waals surface area (Å²) in [7, 11) is 4.86. The molecular weight excluding hydrogens is 466 g/mol. The largest absolute Gasteiger partial charge is 0.493 e. The Balaban J connectivity index is 1.52. The van der Waals surface area contributed by atoms with E-state index in [1.54, 1.807) is 21.3 Å². The van der Waals surface area contributed by atoms with E-state index in [4.69, 9.17) is 23.9 Å². The van der Waals surface area contributed by atoms with Crippen molar-refractivity contribution in [2.45, 2.75) is 25.8 Å². The van der Waals surface area contributed by atoms with Crippen molar-refractivity contribution in [2.75, 3.05) is 47.6 Å². The highest BCUT2D eigenvalue weighted by atomic mass is 16.5. The number of fused-ring (bicyclic) bond motifs is 1. The molecule has 0 spiro atoms. The highest BCUT2D eigenvalue weighted by molar-refractivity contribution is 5.83. The molecule has 3 aromatic carbocycles. The lowest BCUT2D eigenvalue weighted by atomic mass is 10.1. The Morgan fingerprint density at radius 3 is 2.22 bits per heavy atom. The molecule has 1 fully saturated rings. The Morgan fingerprint density at radius 2 is 1.54 bits per heavy atom. The van der Waals surface area contributed by atoms with Crippen LogP contribution in [0.5, 0.6) is 23.0 Å². The molecule has 0 unspecified atom stereocenters. The zero-order chi connectivity index (χ0) is 25.6. The second-order valence-corrected chi connectivity index (χ2v) is 9.32. The number of ether oxygens (including phenoxy) is 4. The van der Waals surface area contributed by atoms with E-state index in [0.717, 1.165) is 34.7 Å². The van der Waals surface area contributed by atoms with Crippen LogP contribution in [0.4, 0.5) is 0 Å². The summed E-state index contributed by atoms with van der Waals surface area (Å²) >= 11 is 0. The molecule has 0 aliphatic carbocycles. The fourth-order valence-electron chi connectivity index (χ4n) is 5.02. The van der Waals surface area contributed by atoms with Gasteiger partial charge in [0.15, 0.2) is 11.5 Å². The number of nitrogens with zero attached hydrogens (tertiary/aromatic N) is 3. The van der Waals surface area contributed by atoms with Crippen molar-refractivity contribution < 1.29 is 18.9 Å². The number of rotatable bonds is 10. The van der Waals surface area contributed by atoms with Crippen LogP contribution in [0.1, 0.15) is 24.8 Å². The molecule has 1 aromatic heterocycles. The molecular formula is C30H35N3O4. The Labute approximate surface area is 218 Å². The van der Waals surface area contributed by atoms with Gasteiger partial charge in [0.2, 0.25) is 5.75 Å². The van der Waals surface area contributed by atoms with Crippen LogP contribution < -0.4 is 18.9 Å². The Kier molecular flexibility index (Phi) is 7.80. The monoisotopic (exact) mass is 501 g/mol. The van der Waals surface area contributed by atoms with E-state index in [1.807, 2.05) is 30.3 Å². The summed E-state index contributed by atoms with van der Waals surface area (Å²) in [6.45, 7) is 4.64. The summed E-state index contributed by atoms with van der Waals surface area (Å²) in [6, 6.07) is 20.4. The van der Waals surface area contributed by atoms with E-state index < -0.39 is 0 Å². The molecule has 7 nitrogen and oxygen atoms in total. The molecule has 0 bridgehead atoms. The molecule has 5 rings (SSSR count). The molecule has 1 saturated heterocycles. The van der Waals surface area contributed by atoms with E-state index in [1.165, 1.54) is 37.9 Å². The molecule has 0 radical (unpaired) electrons. The Hall–Kier alpha value is -3.71. The topological polar surface area (TPSA) is 58.0 Å². The van der Waals surface area contributed by atoms with Gasteiger partial charge in [-0.05, 0) is 55.8 Å². The van der Waals surface area contributed by atoms with E-state index in [9.17, 15) is 0 Å². The molecule has 7 heteroatoms. The molecule has 0 N–H and O–H groups in total. The van der Waals surface area contributed by atoms with E-state index in [0.29, 0.717) is 30.4 Å². The van der Waals surface area contributed by atoms with Crippen LogP contribution in [0.25, 0.3) is 22.4 Å². The molecule has 0 saturated carbocycles. The van der Waals surface area contributed by atoms with Gasteiger partial charge in [0.1, 0.15) is 18.2 Å². The van der Waals surface area contributed by atoms with Gasteiger partial charge in [-0.2, -0.15) is 0 Å². The molecule has 0 amide bonds. The van der Waals surface area contributed by atoms with Crippen LogP contribution in [-0.4, -0.2) is 62.0 Å². The normalized spacial score (nSPS) is 14.0. The van der Waals surface area contributed by atoms with Crippen LogP contribution in [0.15, 0.2) is 60.7 Å². The average Bonchev–Trinajstić information content (AvgIpc) is 3.30. The number of likely N-dealkylation sites (tertiary alicyclic amines) is 1. The van der Waals surface area contributed by atoms with Crippen molar-refractivity contribution in [1.29, 1.82) is 0 Å². The first-order valence-electron chi connectivity index (χ1n) is 12.9. The van der Waals surface area contributed by atoms with Crippen molar-refractivity contribution in [3.63, 3.8) is 0 Å². The van der Waals surface area contributed by atoms with Gasteiger partial charge in [0.25, 0.3) is 0 Å². The SMILES string of the molecule is COc1cc(-c2nc3ccc(OCCN4CCCCC4)cc3n2Cc2ccccc2)cc(OC)c1OC. The first kappa shape index (κ1) is 25.0. The van der Waals surface area contributed by atoms with Gasteiger partial charge in [-0.1, -0.05) is 36.8 Å². The summed E-state index contributed by atoms with van der Waals surface area (Å²) in [5.41, 5.74) is 3.99. The number of aromatic nitrogens is 2. The molecule has 1 aliphatic heterocycles. The van der Waals surface area contributed by atoms with Crippen molar-refractivity contribution in [2.24, 2.45) is 0 Å². The standard InChI is InChI=1S/C30H35N3O4/c1-34-27-18-23(19-28(35-2)29(27)36-3)30-31-25-13-12-24(37-17-16-32-14-8-5-9-15-32)20-26(25)33(30)21-22-10-6-4-7-11-22/h4,6-7,10-13,18-20H,5,8-9,14-17,21H2,1-3H3. The van der Waals surface area contributed by atoms with Crippen molar-refractivity contribution >= 4 is 11.0 Å². The van der Waals surface area contributed by atoms with Crippen LogP contribution >= 0.6 is 0 Å². The van der Waals surface area contributed by atoms with E-state index >= 15 is 0 Å². The number of benzene rings is 3. The lowest BCUT2D eigenvalue weighted by Crippen LogP contribution is -2.33. The fourth-order valence-corrected chi connectivity index (χ4v) is 5.02. The highest BCUT2D eigenvalue weighted by Gasteiger charge is 2.20. The lowest BCUT2D eigenvalue weighted by Gasteiger charge is -2.26. The highest BCUT2D eigenvalue weighted by Crippen LogP contribution is 2.41. The average molecular weight is 502 g/mol. The van der Waals surface area contributed by atoms with Crippen molar-refractivity contribution in [3.05, 3.63) is 66.2 Å². The third-order valence-electron chi connectivity index (χ3n) is 6.95. The summed E-state index contributed by atoms with van der Waals surface area (Å²) < 4.78 is 25.2. The Bertz CT molecular complexity index is 1300. The summed E-state index contributed by atoms with van der Waals surface area (Å²) in [4.78, 5) is 7.52. The molecule has 37 heavy (non-hydrogen) atoms. The second-order valence-electron chi connectivity index (χ2n) is 9.32. The van der Waals surface area contributed by atoms with E-state index in [-0.39, 0.29) is 0 Å². The maximum absolute atomic E-state index is 6.20. The quantitative estimate of drug-likeness (QED) is 0.280. The summed E-state index contributed by atoms with van der Waals surface area (Å²) in [5.74, 6) is 3.43. The van der Waals surface area contributed by atoms with Gasteiger partial charge in [0, 0.05) is 24.7 Å². The lowest BCUT2D eigenvalue weighted by molar-refractivity contribution is 0.183. The minimum atomic E-state index is 0.559. The summed E-state index contributed by atoms with van der Waals surface area (Å²) in [5, 5.41) is 0. The van der Waals surface area contributed by atoms with Crippen LogP contribution in [-0.2, 0) is 6.54 Å². The number of hydrogen-bond donors (Lipinski definition) is 0. The zero-order valence-electron chi connectivity index (χ0n) is 21.9. The van der Waals surface area contributed by atoms with Gasteiger partial charge in [-0.15, -0.1) is 0 Å². The van der Waals surface area contributed by atoms with Crippen LogP contribution in [0.2, 0.25) is 0 Å². The van der Waals surface area contributed by atoms with Crippen molar-refractivity contribution in [3.8, 4) is 34.4 Å². The minimum absolute atomic E-state index is 0.559. The maximum Gasteiger partial charge on any atom is 0.203 e. The number of methoxy groups -OCH3 is 3. The minimum Gasteiger partial charge on any atom is -0.493 e. The first-order valence-corrected chi connectivity index (χ1v) is 12.9. The molecule has 2 heterocycles. The second kappa shape index (κ2) is 11.6. The third kappa shape index (κ3) is 5.52. The van der Waals surface area contributed by atoms with Crippen LogP contribution in [0, 0.1) is 0 Å².